The van der Waals surface area contributed by atoms with Gasteiger partial charge in [-0.1, -0.05) is 24.3 Å². The van der Waals surface area contributed by atoms with E-state index in [1.807, 2.05) is 24.3 Å². The lowest BCUT2D eigenvalue weighted by Gasteiger charge is -2.27. The number of nitrogens with zero attached hydrogens (tertiary/aromatic N) is 3. The standard InChI is InChI=1S/C22H23FN4O3S/c1-26(2)31(29,30)27(21-6-4-3-5-20(21)23)16-22(28)25-19-9-7-17(8-10-19)15-18-11-13-24-14-12-18/h3-14H,15-16H2,1-2H3,(H,25,28). The molecule has 1 heterocycles. The molecule has 7 nitrogen and oxygen atoms in total. The van der Waals surface area contributed by atoms with Gasteiger partial charge in [0, 0.05) is 32.2 Å². The highest BCUT2D eigenvalue weighted by atomic mass is 32.2. The minimum absolute atomic E-state index is 0.195. The molecule has 0 aliphatic heterocycles. The maximum absolute atomic E-state index is 14.3. The molecule has 0 spiro atoms. The number of carbonyl (C=O) groups is 1. The third-order valence-electron chi connectivity index (χ3n) is 4.54. The zero-order chi connectivity index (χ0) is 22.4. The zero-order valence-electron chi connectivity index (χ0n) is 17.2. The lowest BCUT2D eigenvalue weighted by atomic mass is 10.1. The van der Waals surface area contributed by atoms with Crippen LogP contribution in [0.3, 0.4) is 0 Å². The number of carbonyl (C=O) groups excluding carboxylic acids is 1. The first-order valence-corrected chi connectivity index (χ1v) is 10.9. The average molecular weight is 443 g/mol. The Kier molecular flexibility index (Phi) is 6.98. The Morgan fingerprint density at radius 3 is 2.19 bits per heavy atom. The van der Waals surface area contributed by atoms with E-state index in [0.29, 0.717) is 5.69 Å². The van der Waals surface area contributed by atoms with Crippen LogP contribution >= 0.6 is 0 Å². The molecule has 1 amide bonds. The largest absolute Gasteiger partial charge is 0.325 e. The van der Waals surface area contributed by atoms with Gasteiger partial charge in [-0.3, -0.25) is 9.78 Å². The van der Waals surface area contributed by atoms with Gasteiger partial charge in [0.25, 0.3) is 0 Å². The van der Waals surface area contributed by atoms with Crippen molar-refractivity contribution in [3.63, 3.8) is 0 Å². The van der Waals surface area contributed by atoms with Crippen molar-refractivity contribution < 1.29 is 17.6 Å². The molecule has 0 aliphatic carbocycles. The van der Waals surface area contributed by atoms with Crippen LogP contribution in [0.25, 0.3) is 0 Å². The molecule has 0 radical (unpaired) electrons. The van der Waals surface area contributed by atoms with Crippen LogP contribution in [-0.2, 0) is 21.4 Å². The number of anilines is 2. The molecule has 31 heavy (non-hydrogen) atoms. The number of amides is 1. The summed E-state index contributed by atoms with van der Waals surface area (Å²) >= 11 is 0. The van der Waals surface area contributed by atoms with Crippen molar-refractivity contribution in [2.75, 3.05) is 30.3 Å². The summed E-state index contributed by atoms with van der Waals surface area (Å²) in [5.74, 6) is -1.32. The van der Waals surface area contributed by atoms with Crippen LogP contribution in [0.5, 0.6) is 0 Å². The van der Waals surface area contributed by atoms with Gasteiger partial charge in [0.1, 0.15) is 12.4 Å². The minimum Gasteiger partial charge on any atom is -0.325 e. The lowest BCUT2D eigenvalue weighted by molar-refractivity contribution is -0.114. The Bertz CT molecular complexity index is 1140. The Labute approximate surface area is 181 Å². The number of hydrogen-bond acceptors (Lipinski definition) is 4. The van der Waals surface area contributed by atoms with Crippen molar-refractivity contribution in [3.05, 3.63) is 90.0 Å². The number of halogens is 1. The molecule has 2 aromatic carbocycles. The summed E-state index contributed by atoms with van der Waals surface area (Å²) in [6.07, 6.45) is 4.18. The first-order valence-electron chi connectivity index (χ1n) is 9.50. The number of hydrogen-bond donors (Lipinski definition) is 1. The number of benzene rings is 2. The Morgan fingerprint density at radius 2 is 1.58 bits per heavy atom. The predicted octanol–water partition coefficient (Wildman–Crippen LogP) is 3.06. The molecule has 0 atom stereocenters. The number of nitrogens with one attached hydrogen (secondary N) is 1. The summed E-state index contributed by atoms with van der Waals surface area (Å²) in [5.41, 5.74) is 2.48. The molecule has 0 bridgehead atoms. The van der Waals surface area contributed by atoms with Crippen LogP contribution in [0.1, 0.15) is 11.1 Å². The summed E-state index contributed by atoms with van der Waals surface area (Å²) < 4.78 is 41.3. The molecule has 3 aromatic rings. The van der Waals surface area contributed by atoms with E-state index in [1.165, 1.54) is 32.3 Å². The average Bonchev–Trinajstić information content (AvgIpc) is 2.74. The second kappa shape index (κ2) is 9.67. The monoisotopic (exact) mass is 442 g/mol. The van der Waals surface area contributed by atoms with Gasteiger partial charge in [0.05, 0.1) is 5.69 Å². The van der Waals surface area contributed by atoms with Crippen molar-refractivity contribution in [2.24, 2.45) is 0 Å². The molecular weight excluding hydrogens is 419 g/mol. The minimum atomic E-state index is -4.08. The molecule has 3 rings (SSSR count). The fraction of sp³-hybridized carbons (Fsp3) is 0.182. The van der Waals surface area contributed by atoms with Gasteiger partial charge in [0.2, 0.25) is 5.91 Å². The SMILES string of the molecule is CN(C)S(=O)(=O)N(CC(=O)Nc1ccc(Cc2ccncc2)cc1)c1ccccc1F. The highest BCUT2D eigenvalue weighted by Crippen LogP contribution is 2.23. The second-order valence-electron chi connectivity index (χ2n) is 7.03. The maximum Gasteiger partial charge on any atom is 0.304 e. The summed E-state index contributed by atoms with van der Waals surface area (Å²) in [6.45, 7) is -0.569. The lowest BCUT2D eigenvalue weighted by Crippen LogP contribution is -2.44. The van der Waals surface area contributed by atoms with Gasteiger partial charge in [-0.2, -0.15) is 12.7 Å². The molecule has 1 N–H and O–H groups in total. The topological polar surface area (TPSA) is 82.6 Å². The molecule has 162 valence electrons. The predicted molar refractivity (Wildman–Crippen MR) is 118 cm³/mol. The molecule has 0 saturated carbocycles. The van der Waals surface area contributed by atoms with Gasteiger partial charge < -0.3 is 5.32 Å². The van der Waals surface area contributed by atoms with Crippen LogP contribution in [0.15, 0.2) is 73.1 Å². The van der Waals surface area contributed by atoms with E-state index in [0.717, 1.165) is 32.2 Å². The smallest absolute Gasteiger partial charge is 0.304 e. The van der Waals surface area contributed by atoms with Crippen molar-refractivity contribution in [1.29, 1.82) is 0 Å². The Balaban J connectivity index is 1.73. The molecule has 0 saturated heterocycles. The number of aromatic nitrogens is 1. The van der Waals surface area contributed by atoms with Crippen LogP contribution in [0.4, 0.5) is 15.8 Å². The first-order chi connectivity index (χ1) is 14.8. The van der Waals surface area contributed by atoms with Gasteiger partial charge in [-0.05, 0) is 53.9 Å². The third kappa shape index (κ3) is 5.65. The van der Waals surface area contributed by atoms with Gasteiger partial charge in [0.15, 0.2) is 0 Å². The highest BCUT2D eigenvalue weighted by Gasteiger charge is 2.29. The van der Waals surface area contributed by atoms with Crippen LogP contribution < -0.4 is 9.62 Å². The summed E-state index contributed by atoms with van der Waals surface area (Å²) in [7, 11) is -1.44. The molecular formula is C22H23FN4O3S. The van der Waals surface area contributed by atoms with E-state index >= 15 is 0 Å². The fourth-order valence-electron chi connectivity index (χ4n) is 2.92. The fourth-order valence-corrected chi connectivity index (χ4v) is 3.99. The van der Waals surface area contributed by atoms with Crippen LogP contribution in [0, 0.1) is 5.82 Å². The summed E-state index contributed by atoms with van der Waals surface area (Å²) in [6, 6.07) is 16.5. The van der Waals surface area contributed by atoms with Gasteiger partial charge >= 0.3 is 10.2 Å². The summed E-state index contributed by atoms with van der Waals surface area (Å²) in [5, 5.41) is 2.67. The van der Waals surface area contributed by atoms with Gasteiger partial charge in [-0.15, -0.1) is 0 Å². The quantitative estimate of drug-likeness (QED) is 0.581. The molecule has 0 unspecified atom stereocenters. The van der Waals surface area contributed by atoms with E-state index in [2.05, 4.69) is 10.3 Å². The van der Waals surface area contributed by atoms with E-state index in [9.17, 15) is 17.6 Å². The van der Waals surface area contributed by atoms with Crippen molar-refractivity contribution in [1.82, 2.24) is 9.29 Å². The van der Waals surface area contributed by atoms with E-state index in [4.69, 9.17) is 0 Å². The van der Waals surface area contributed by atoms with Crippen molar-refractivity contribution in [3.8, 4) is 0 Å². The first kappa shape index (κ1) is 22.4. The zero-order valence-corrected chi connectivity index (χ0v) is 18.0. The van der Waals surface area contributed by atoms with Crippen molar-refractivity contribution in [2.45, 2.75) is 6.42 Å². The van der Waals surface area contributed by atoms with Crippen LogP contribution in [-0.4, -0.2) is 44.3 Å². The van der Waals surface area contributed by atoms with E-state index < -0.39 is 28.5 Å². The van der Waals surface area contributed by atoms with Crippen molar-refractivity contribution >= 4 is 27.5 Å². The number of pyridine rings is 1. The summed E-state index contributed by atoms with van der Waals surface area (Å²) in [4.78, 5) is 16.6. The third-order valence-corrected chi connectivity index (χ3v) is 6.35. The van der Waals surface area contributed by atoms with Crippen LogP contribution in [0.2, 0.25) is 0 Å². The number of para-hydroxylation sites is 1. The van der Waals surface area contributed by atoms with E-state index in [-0.39, 0.29) is 5.69 Å². The van der Waals surface area contributed by atoms with E-state index in [1.54, 1.807) is 24.5 Å². The second-order valence-corrected chi connectivity index (χ2v) is 9.09. The molecule has 0 fully saturated rings. The molecule has 9 heteroatoms. The normalized spacial score (nSPS) is 11.4. The maximum atomic E-state index is 14.3. The highest BCUT2D eigenvalue weighted by molar-refractivity contribution is 7.90. The molecule has 0 aliphatic rings. The Morgan fingerprint density at radius 1 is 0.968 bits per heavy atom. The number of rotatable bonds is 8. The van der Waals surface area contributed by atoms with Gasteiger partial charge in [-0.25, -0.2) is 8.70 Å². The molecule has 1 aromatic heterocycles. The Hall–Kier alpha value is -3.30.